The van der Waals surface area contributed by atoms with Crippen LogP contribution in [0.2, 0.25) is 0 Å². The molecule has 0 atom stereocenters. The van der Waals surface area contributed by atoms with Gasteiger partial charge in [0.25, 0.3) is 0 Å². The maximum atomic E-state index is 10.7. The van der Waals surface area contributed by atoms with Gasteiger partial charge in [-0.15, -0.1) is 0 Å². The van der Waals surface area contributed by atoms with Crippen molar-refractivity contribution in [2.24, 2.45) is 0 Å². The molecule has 84 valence electrons. The van der Waals surface area contributed by atoms with E-state index in [0.29, 0.717) is 5.65 Å². The molecule has 0 saturated carbocycles. The highest BCUT2D eigenvalue weighted by atomic mass is 16.4. The van der Waals surface area contributed by atoms with Crippen molar-refractivity contribution in [2.45, 2.75) is 6.54 Å². The molecule has 0 radical (unpaired) electrons. The van der Waals surface area contributed by atoms with Crippen molar-refractivity contribution in [1.29, 1.82) is 0 Å². The lowest BCUT2D eigenvalue weighted by Crippen LogP contribution is -2.10. The van der Waals surface area contributed by atoms with Gasteiger partial charge in [-0.3, -0.25) is 0 Å². The van der Waals surface area contributed by atoms with Crippen LogP contribution in [-0.2, 0) is 6.54 Å². The Hall–Kier alpha value is -1.88. The number of imidazole rings is 1. The number of fused-ring (bicyclic) bond motifs is 1. The first-order valence-corrected chi connectivity index (χ1v) is 4.92. The number of pyridine rings is 1. The Kier molecular flexibility index (Phi) is 2.62. The van der Waals surface area contributed by atoms with Crippen molar-refractivity contribution in [1.82, 2.24) is 14.3 Å². The van der Waals surface area contributed by atoms with E-state index in [2.05, 4.69) is 4.98 Å². The number of rotatable bonds is 3. The normalized spacial score (nSPS) is 11.2. The van der Waals surface area contributed by atoms with Crippen LogP contribution in [0.5, 0.6) is 0 Å². The van der Waals surface area contributed by atoms with Crippen LogP contribution < -0.4 is 0 Å². The van der Waals surface area contributed by atoms with Crippen LogP contribution in [0.1, 0.15) is 16.1 Å². The lowest BCUT2D eigenvalue weighted by Gasteiger charge is -2.09. The maximum absolute atomic E-state index is 10.7. The Labute approximate surface area is 92.9 Å². The van der Waals surface area contributed by atoms with Gasteiger partial charge in [-0.1, -0.05) is 0 Å². The number of carboxylic acids is 1. The van der Waals surface area contributed by atoms with Gasteiger partial charge in [0.05, 0.1) is 0 Å². The summed E-state index contributed by atoms with van der Waals surface area (Å²) in [6.07, 6.45) is 3.34. The summed E-state index contributed by atoms with van der Waals surface area (Å²) in [5.74, 6) is -1.00. The largest absolute Gasteiger partial charge is 0.476 e. The van der Waals surface area contributed by atoms with E-state index >= 15 is 0 Å². The number of carboxylic acid groups (broad SMARTS) is 1. The van der Waals surface area contributed by atoms with Crippen molar-refractivity contribution in [3.63, 3.8) is 0 Å². The molecule has 0 saturated heterocycles. The SMILES string of the molecule is CN(C)Cc1ccn2cc(C(=O)O)nc2c1. The van der Waals surface area contributed by atoms with Gasteiger partial charge in [0.2, 0.25) is 0 Å². The lowest BCUT2D eigenvalue weighted by molar-refractivity contribution is 0.0691. The Balaban J connectivity index is 2.41. The van der Waals surface area contributed by atoms with Gasteiger partial charge in [0.1, 0.15) is 5.65 Å². The topological polar surface area (TPSA) is 57.8 Å². The minimum atomic E-state index is -1.00. The molecule has 0 aliphatic rings. The minimum Gasteiger partial charge on any atom is -0.476 e. The van der Waals surface area contributed by atoms with Crippen LogP contribution in [0.3, 0.4) is 0 Å². The van der Waals surface area contributed by atoms with Crippen molar-refractivity contribution in [2.75, 3.05) is 14.1 Å². The van der Waals surface area contributed by atoms with Crippen molar-refractivity contribution in [3.05, 3.63) is 35.8 Å². The summed E-state index contributed by atoms with van der Waals surface area (Å²) in [7, 11) is 3.97. The van der Waals surface area contributed by atoms with Gasteiger partial charge in [0, 0.05) is 18.9 Å². The Morgan fingerprint density at radius 3 is 2.94 bits per heavy atom. The van der Waals surface area contributed by atoms with E-state index in [1.165, 1.54) is 6.20 Å². The molecule has 2 rings (SSSR count). The third-order valence-corrected chi connectivity index (χ3v) is 2.24. The monoisotopic (exact) mass is 219 g/mol. The Morgan fingerprint density at radius 2 is 2.31 bits per heavy atom. The quantitative estimate of drug-likeness (QED) is 0.839. The van der Waals surface area contributed by atoms with Crippen LogP contribution in [-0.4, -0.2) is 39.5 Å². The molecule has 2 aromatic rings. The highest BCUT2D eigenvalue weighted by Gasteiger charge is 2.08. The highest BCUT2D eigenvalue weighted by Crippen LogP contribution is 2.09. The van der Waals surface area contributed by atoms with E-state index in [9.17, 15) is 4.79 Å². The maximum Gasteiger partial charge on any atom is 0.356 e. The van der Waals surface area contributed by atoms with Crippen molar-refractivity contribution in [3.8, 4) is 0 Å². The zero-order valence-electron chi connectivity index (χ0n) is 9.21. The molecule has 2 aromatic heterocycles. The van der Waals surface area contributed by atoms with Crippen molar-refractivity contribution < 1.29 is 9.90 Å². The fourth-order valence-electron chi connectivity index (χ4n) is 1.59. The van der Waals surface area contributed by atoms with E-state index < -0.39 is 5.97 Å². The molecule has 0 aliphatic carbocycles. The Morgan fingerprint density at radius 1 is 1.56 bits per heavy atom. The molecule has 0 aliphatic heterocycles. The molecule has 0 spiro atoms. The van der Waals surface area contributed by atoms with Crippen LogP contribution in [0.15, 0.2) is 24.5 Å². The van der Waals surface area contributed by atoms with E-state index in [0.717, 1.165) is 12.1 Å². The predicted molar refractivity (Wildman–Crippen MR) is 59.5 cm³/mol. The third-order valence-electron chi connectivity index (χ3n) is 2.24. The fourth-order valence-corrected chi connectivity index (χ4v) is 1.59. The second kappa shape index (κ2) is 3.94. The summed E-state index contributed by atoms with van der Waals surface area (Å²) in [5, 5.41) is 8.82. The van der Waals surface area contributed by atoms with Crippen LogP contribution >= 0.6 is 0 Å². The first kappa shape index (κ1) is 10.6. The van der Waals surface area contributed by atoms with Gasteiger partial charge in [0.15, 0.2) is 5.69 Å². The highest BCUT2D eigenvalue weighted by molar-refractivity contribution is 5.86. The summed E-state index contributed by atoms with van der Waals surface area (Å²) >= 11 is 0. The lowest BCUT2D eigenvalue weighted by atomic mass is 10.2. The summed E-state index contributed by atoms with van der Waals surface area (Å²) in [6.45, 7) is 0.811. The summed E-state index contributed by atoms with van der Waals surface area (Å²) in [4.78, 5) is 16.8. The molecule has 1 N–H and O–H groups in total. The van der Waals surface area contributed by atoms with E-state index in [1.807, 2.05) is 37.3 Å². The molecule has 16 heavy (non-hydrogen) atoms. The van der Waals surface area contributed by atoms with Gasteiger partial charge in [-0.2, -0.15) is 0 Å². The molecular formula is C11H13N3O2. The average Bonchev–Trinajstić information content (AvgIpc) is 2.59. The molecule has 2 heterocycles. The number of aromatic nitrogens is 2. The minimum absolute atomic E-state index is 0.0713. The molecule has 0 unspecified atom stereocenters. The van der Waals surface area contributed by atoms with Gasteiger partial charge < -0.3 is 14.4 Å². The van der Waals surface area contributed by atoms with E-state index in [-0.39, 0.29) is 5.69 Å². The van der Waals surface area contributed by atoms with Gasteiger partial charge in [-0.05, 0) is 31.8 Å². The van der Waals surface area contributed by atoms with Crippen molar-refractivity contribution >= 4 is 11.6 Å². The first-order valence-electron chi connectivity index (χ1n) is 4.92. The number of carbonyl (C=O) groups is 1. The van der Waals surface area contributed by atoms with E-state index in [4.69, 9.17) is 5.11 Å². The number of hydrogen-bond acceptors (Lipinski definition) is 3. The summed E-state index contributed by atoms with van der Waals surface area (Å²) < 4.78 is 1.71. The number of nitrogens with zero attached hydrogens (tertiary/aromatic N) is 3. The summed E-state index contributed by atoms with van der Waals surface area (Å²) in [6, 6.07) is 3.85. The smallest absolute Gasteiger partial charge is 0.356 e. The zero-order chi connectivity index (χ0) is 11.7. The third kappa shape index (κ3) is 2.04. The van der Waals surface area contributed by atoms with Gasteiger partial charge in [-0.25, -0.2) is 9.78 Å². The standard InChI is InChI=1S/C11H13N3O2/c1-13(2)6-8-3-4-14-7-9(11(15)16)12-10(14)5-8/h3-5,7H,6H2,1-2H3,(H,15,16). The second-order valence-electron chi connectivity index (χ2n) is 3.97. The zero-order valence-corrected chi connectivity index (χ0v) is 9.21. The number of aromatic carboxylic acids is 1. The Bertz CT molecular complexity index is 531. The summed E-state index contributed by atoms with van der Waals surface area (Å²) in [5.41, 5.74) is 1.85. The van der Waals surface area contributed by atoms with Gasteiger partial charge >= 0.3 is 5.97 Å². The predicted octanol–water partition coefficient (Wildman–Crippen LogP) is 1.09. The fraction of sp³-hybridized carbons (Fsp3) is 0.273. The number of hydrogen-bond donors (Lipinski definition) is 1. The molecule has 0 amide bonds. The molecule has 0 bridgehead atoms. The first-order chi connectivity index (χ1) is 7.56. The van der Waals surface area contributed by atoms with Crippen LogP contribution in [0.25, 0.3) is 5.65 Å². The molecule has 5 nitrogen and oxygen atoms in total. The average molecular weight is 219 g/mol. The van der Waals surface area contributed by atoms with E-state index in [1.54, 1.807) is 4.40 Å². The van der Waals surface area contributed by atoms with Crippen LogP contribution in [0, 0.1) is 0 Å². The molecular weight excluding hydrogens is 206 g/mol. The molecule has 0 aromatic carbocycles. The molecule has 0 fully saturated rings. The second-order valence-corrected chi connectivity index (χ2v) is 3.97. The van der Waals surface area contributed by atoms with Crippen LogP contribution in [0.4, 0.5) is 0 Å². The molecule has 5 heteroatoms.